The van der Waals surface area contributed by atoms with E-state index in [0.717, 1.165) is 39.0 Å². The average molecular weight is 393 g/mol. The van der Waals surface area contributed by atoms with Gasteiger partial charge in [-0.25, -0.2) is 9.97 Å². The number of para-hydroxylation sites is 1. The van der Waals surface area contributed by atoms with Gasteiger partial charge in [-0.1, -0.05) is 18.2 Å². The summed E-state index contributed by atoms with van der Waals surface area (Å²) in [5.41, 5.74) is 4.16. The number of aliphatic hydroxyl groups excluding tert-OH is 1. The van der Waals surface area contributed by atoms with Gasteiger partial charge >= 0.3 is 0 Å². The largest absolute Gasteiger partial charge is 0.388 e. The number of aromatic amines is 1. The summed E-state index contributed by atoms with van der Waals surface area (Å²) >= 11 is 0. The molecule has 0 saturated carbocycles. The van der Waals surface area contributed by atoms with E-state index in [0.29, 0.717) is 17.4 Å². The summed E-state index contributed by atoms with van der Waals surface area (Å²) in [4.78, 5) is 25.6. The standard InChI is InChI=1S/C22H27N5O2/c1-15-3-2-4-19-17(11-24-21(15)19)10-23-9-16-5-7-27(8-6-16)22-25-12-18(13-26-22)20(29)14-28/h2-4,11-13,16,23-24,28H,5-10,14H2,1H3. The summed E-state index contributed by atoms with van der Waals surface area (Å²) in [5, 5.41) is 13.8. The van der Waals surface area contributed by atoms with Crippen LogP contribution in [-0.4, -0.2) is 52.1 Å². The van der Waals surface area contributed by atoms with Gasteiger partial charge in [-0.2, -0.15) is 0 Å². The third-order valence-electron chi connectivity index (χ3n) is 5.76. The smallest absolute Gasteiger partial charge is 0.225 e. The maximum absolute atomic E-state index is 11.5. The molecule has 3 aromatic rings. The molecule has 0 atom stereocenters. The van der Waals surface area contributed by atoms with Crippen LogP contribution in [0.3, 0.4) is 0 Å². The summed E-state index contributed by atoms with van der Waals surface area (Å²) in [6.07, 6.45) is 7.27. The summed E-state index contributed by atoms with van der Waals surface area (Å²) in [6, 6.07) is 6.42. The molecule has 1 fully saturated rings. The Balaban J connectivity index is 1.26. The van der Waals surface area contributed by atoms with Crippen molar-refractivity contribution in [1.82, 2.24) is 20.3 Å². The minimum absolute atomic E-state index is 0.350. The molecule has 0 unspecified atom stereocenters. The zero-order valence-electron chi connectivity index (χ0n) is 16.7. The fraction of sp³-hybridized carbons (Fsp3) is 0.409. The highest BCUT2D eigenvalue weighted by Gasteiger charge is 2.21. The van der Waals surface area contributed by atoms with Gasteiger partial charge in [0.15, 0.2) is 5.78 Å². The lowest BCUT2D eigenvalue weighted by atomic mass is 9.97. The minimum atomic E-state index is -0.515. The first-order chi connectivity index (χ1) is 14.2. The molecule has 29 heavy (non-hydrogen) atoms. The second kappa shape index (κ2) is 8.71. The first kappa shape index (κ1) is 19.5. The number of carbonyl (C=O) groups excluding carboxylic acids is 1. The van der Waals surface area contributed by atoms with E-state index in [1.54, 1.807) is 0 Å². The molecular weight excluding hydrogens is 366 g/mol. The number of nitrogens with zero attached hydrogens (tertiary/aromatic N) is 3. The van der Waals surface area contributed by atoms with E-state index in [1.165, 1.54) is 34.4 Å². The number of rotatable bonds is 7. The van der Waals surface area contributed by atoms with Gasteiger partial charge in [0.05, 0.1) is 5.56 Å². The van der Waals surface area contributed by atoms with Crippen molar-refractivity contribution >= 4 is 22.6 Å². The SMILES string of the molecule is Cc1cccc2c(CNCC3CCN(c4ncc(C(=O)CO)cn4)CC3)c[nH]c12. The van der Waals surface area contributed by atoms with Gasteiger partial charge in [0, 0.05) is 49.1 Å². The maximum Gasteiger partial charge on any atom is 0.225 e. The fourth-order valence-corrected chi connectivity index (χ4v) is 3.98. The van der Waals surface area contributed by atoms with Gasteiger partial charge in [0.2, 0.25) is 5.95 Å². The first-order valence-corrected chi connectivity index (χ1v) is 10.1. The molecule has 1 saturated heterocycles. The molecule has 4 rings (SSSR count). The molecule has 0 aliphatic carbocycles. The van der Waals surface area contributed by atoms with Crippen molar-refractivity contribution in [2.45, 2.75) is 26.3 Å². The number of aliphatic hydroxyl groups is 1. The number of benzene rings is 1. The van der Waals surface area contributed by atoms with Crippen LogP contribution in [0.4, 0.5) is 5.95 Å². The highest BCUT2D eigenvalue weighted by molar-refractivity contribution is 5.96. The molecule has 1 aliphatic heterocycles. The van der Waals surface area contributed by atoms with Crippen LogP contribution < -0.4 is 10.2 Å². The summed E-state index contributed by atoms with van der Waals surface area (Å²) in [5.74, 6) is 0.931. The van der Waals surface area contributed by atoms with Crippen LogP contribution in [-0.2, 0) is 6.54 Å². The van der Waals surface area contributed by atoms with Crippen LogP contribution in [0.5, 0.6) is 0 Å². The van der Waals surface area contributed by atoms with Crippen molar-refractivity contribution in [1.29, 1.82) is 0 Å². The molecule has 152 valence electrons. The highest BCUT2D eigenvalue weighted by Crippen LogP contribution is 2.22. The number of aryl methyl sites for hydroxylation is 1. The Labute approximate surface area is 170 Å². The van der Waals surface area contributed by atoms with E-state index < -0.39 is 6.61 Å². The molecule has 0 radical (unpaired) electrons. The van der Waals surface area contributed by atoms with E-state index in [4.69, 9.17) is 5.11 Å². The molecule has 3 N–H and O–H groups in total. The van der Waals surface area contributed by atoms with E-state index in [9.17, 15) is 4.79 Å². The number of carbonyl (C=O) groups is 1. The third-order valence-corrected chi connectivity index (χ3v) is 5.76. The number of hydrogen-bond acceptors (Lipinski definition) is 6. The van der Waals surface area contributed by atoms with Crippen LogP contribution in [0, 0.1) is 12.8 Å². The molecular formula is C22H27N5O2. The number of ketones is 1. The van der Waals surface area contributed by atoms with Gasteiger partial charge in [0.25, 0.3) is 0 Å². The topological polar surface area (TPSA) is 94.1 Å². The molecule has 0 spiro atoms. The molecule has 0 bridgehead atoms. The number of aromatic nitrogens is 3. The minimum Gasteiger partial charge on any atom is -0.388 e. The maximum atomic E-state index is 11.5. The Morgan fingerprint density at radius 3 is 2.76 bits per heavy atom. The van der Waals surface area contributed by atoms with Crippen LogP contribution in [0.15, 0.2) is 36.8 Å². The van der Waals surface area contributed by atoms with Crippen LogP contribution in [0.1, 0.15) is 34.3 Å². The number of H-pyrrole nitrogens is 1. The van der Waals surface area contributed by atoms with Gasteiger partial charge in [0.1, 0.15) is 6.61 Å². The van der Waals surface area contributed by atoms with Crippen molar-refractivity contribution < 1.29 is 9.90 Å². The van der Waals surface area contributed by atoms with E-state index in [-0.39, 0.29) is 5.78 Å². The lowest BCUT2D eigenvalue weighted by Gasteiger charge is -2.32. The van der Waals surface area contributed by atoms with Crippen molar-refractivity contribution in [2.24, 2.45) is 5.92 Å². The van der Waals surface area contributed by atoms with Crippen LogP contribution in [0.25, 0.3) is 10.9 Å². The quantitative estimate of drug-likeness (QED) is 0.534. The molecule has 3 heterocycles. The van der Waals surface area contributed by atoms with Gasteiger partial charge in [-0.05, 0) is 43.4 Å². The van der Waals surface area contributed by atoms with E-state index in [2.05, 4.69) is 56.5 Å². The predicted octanol–water partition coefficient (Wildman–Crippen LogP) is 2.45. The van der Waals surface area contributed by atoms with Gasteiger partial charge in [-0.3, -0.25) is 4.79 Å². The Morgan fingerprint density at radius 1 is 1.28 bits per heavy atom. The predicted molar refractivity (Wildman–Crippen MR) is 113 cm³/mol. The Bertz CT molecular complexity index is 975. The van der Waals surface area contributed by atoms with Crippen LogP contribution >= 0.6 is 0 Å². The lowest BCUT2D eigenvalue weighted by Crippen LogP contribution is -2.38. The number of nitrogens with one attached hydrogen (secondary N) is 2. The zero-order chi connectivity index (χ0) is 20.2. The number of hydrogen-bond donors (Lipinski definition) is 3. The lowest BCUT2D eigenvalue weighted by molar-refractivity contribution is 0.0903. The average Bonchev–Trinajstić information content (AvgIpc) is 3.18. The van der Waals surface area contributed by atoms with Crippen molar-refractivity contribution in [2.75, 3.05) is 31.1 Å². The fourth-order valence-electron chi connectivity index (χ4n) is 3.98. The summed E-state index contributed by atoms with van der Waals surface area (Å²) < 4.78 is 0. The van der Waals surface area contributed by atoms with E-state index in [1.807, 2.05) is 0 Å². The van der Waals surface area contributed by atoms with Crippen molar-refractivity contribution in [3.63, 3.8) is 0 Å². The zero-order valence-corrected chi connectivity index (χ0v) is 16.7. The summed E-state index contributed by atoms with van der Waals surface area (Å²) in [6.45, 7) is 5.30. The highest BCUT2D eigenvalue weighted by atomic mass is 16.3. The molecule has 2 aromatic heterocycles. The van der Waals surface area contributed by atoms with Crippen molar-refractivity contribution in [3.8, 4) is 0 Å². The van der Waals surface area contributed by atoms with Crippen molar-refractivity contribution in [3.05, 3.63) is 53.5 Å². The Hall–Kier alpha value is -2.77. The number of anilines is 1. The Morgan fingerprint density at radius 2 is 2.03 bits per heavy atom. The summed E-state index contributed by atoms with van der Waals surface area (Å²) in [7, 11) is 0. The third kappa shape index (κ3) is 4.31. The number of fused-ring (bicyclic) bond motifs is 1. The molecule has 1 aromatic carbocycles. The molecule has 7 heteroatoms. The van der Waals surface area contributed by atoms with Crippen LogP contribution in [0.2, 0.25) is 0 Å². The molecule has 1 aliphatic rings. The van der Waals surface area contributed by atoms with Gasteiger partial charge in [-0.15, -0.1) is 0 Å². The Kier molecular flexibility index (Phi) is 5.87. The molecule has 7 nitrogen and oxygen atoms in total. The molecule has 0 amide bonds. The first-order valence-electron chi connectivity index (χ1n) is 10.1. The monoisotopic (exact) mass is 393 g/mol. The second-order valence-electron chi connectivity index (χ2n) is 7.73. The normalized spacial score (nSPS) is 15.2. The number of piperidine rings is 1. The van der Waals surface area contributed by atoms with Gasteiger partial charge < -0.3 is 20.3 Å². The van der Waals surface area contributed by atoms with E-state index >= 15 is 0 Å². The second-order valence-corrected chi connectivity index (χ2v) is 7.73. The number of Topliss-reactive ketones (excluding diaryl/α,β-unsaturated/α-hetero) is 1.